The number of hydrogen-bond acceptors (Lipinski definition) is 3. The lowest BCUT2D eigenvalue weighted by Gasteiger charge is -2.18. The summed E-state index contributed by atoms with van der Waals surface area (Å²) in [5.41, 5.74) is 3.59. The number of ether oxygens (including phenoxy) is 1. The second kappa shape index (κ2) is 6.02. The van der Waals surface area contributed by atoms with Gasteiger partial charge >= 0.3 is 0 Å². The zero-order valence-electron chi connectivity index (χ0n) is 12.5. The fourth-order valence-electron chi connectivity index (χ4n) is 2.57. The summed E-state index contributed by atoms with van der Waals surface area (Å²) in [6.07, 6.45) is 0. The molecule has 0 amide bonds. The van der Waals surface area contributed by atoms with E-state index < -0.39 is 0 Å². The lowest BCUT2D eigenvalue weighted by Crippen LogP contribution is -2.19. The van der Waals surface area contributed by atoms with Crippen LogP contribution in [0.3, 0.4) is 0 Å². The van der Waals surface area contributed by atoms with Crippen LogP contribution in [0.4, 0.5) is 0 Å². The van der Waals surface area contributed by atoms with E-state index in [1.165, 1.54) is 16.7 Å². The number of benzene rings is 1. The maximum absolute atomic E-state index is 5.75. The lowest BCUT2D eigenvalue weighted by molar-refractivity contribution is 0.412. The first-order valence-electron chi connectivity index (χ1n) is 6.56. The zero-order chi connectivity index (χ0) is 14.9. The number of nitrogens with one attached hydrogen (secondary N) is 1. The van der Waals surface area contributed by atoms with Gasteiger partial charge in [0.15, 0.2) is 0 Å². The third-order valence-electron chi connectivity index (χ3n) is 3.70. The quantitative estimate of drug-likeness (QED) is 0.903. The minimum absolute atomic E-state index is 0.106. The van der Waals surface area contributed by atoms with Crippen LogP contribution in [0.5, 0.6) is 5.75 Å². The van der Waals surface area contributed by atoms with E-state index in [4.69, 9.17) is 9.15 Å². The topological polar surface area (TPSA) is 34.4 Å². The largest absolute Gasteiger partial charge is 0.496 e. The fraction of sp³-hybridized carbons (Fsp3) is 0.375. The monoisotopic (exact) mass is 337 g/mol. The van der Waals surface area contributed by atoms with E-state index in [-0.39, 0.29) is 6.04 Å². The van der Waals surface area contributed by atoms with Crippen LogP contribution >= 0.6 is 15.9 Å². The lowest BCUT2D eigenvalue weighted by atomic mass is 9.95. The van der Waals surface area contributed by atoms with E-state index in [0.29, 0.717) is 0 Å². The van der Waals surface area contributed by atoms with Gasteiger partial charge in [-0.2, -0.15) is 0 Å². The molecule has 2 rings (SSSR count). The Balaban J connectivity index is 2.50. The van der Waals surface area contributed by atoms with E-state index in [1.807, 2.05) is 27.0 Å². The van der Waals surface area contributed by atoms with E-state index in [9.17, 15) is 0 Å². The molecule has 0 aliphatic heterocycles. The molecule has 4 heteroatoms. The van der Waals surface area contributed by atoms with E-state index in [1.54, 1.807) is 7.11 Å². The summed E-state index contributed by atoms with van der Waals surface area (Å²) in [6.45, 7) is 6.12. The van der Waals surface area contributed by atoms with Crippen LogP contribution in [0.1, 0.15) is 34.3 Å². The molecule has 108 valence electrons. The Morgan fingerprint density at radius 3 is 2.35 bits per heavy atom. The molecule has 3 nitrogen and oxygen atoms in total. The number of furan rings is 1. The second-order valence-corrected chi connectivity index (χ2v) is 5.72. The van der Waals surface area contributed by atoms with Crippen LogP contribution in [0.15, 0.2) is 27.1 Å². The molecule has 0 saturated carbocycles. The SMILES string of the molecule is CNC(c1ccc(OC)c(Br)c1)c1c(C)oc(C)c1C. The van der Waals surface area contributed by atoms with Crippen LogP contribution in [-0.4, -0.2) is 14.2 Å². The number of aryl methyl sites for hydroxylation is 2. The minimum Gasteiger partial charge on any atom is -0.496 e. The molecule has 0 aliphatic carbocycles. The molecule has 0 aliphatic rings. The smallest absolute Gasteiger partial charge is 0.133 e. The Hall–Kier alpha value is -1.26. The summed E-state index contributed by atoms with van der Waals surface area (Å²) in [5.74, 6) is 2.78. The van der Waals surface area contributed by atoms with Crippen molar-refractivity contribution in [1.29, 1.82) is 0 Å². The van der Waals surface area contributed by atoms with Gasteiger partial charge in [0, 0.05) is 5.56 Å². The Bertz CT molecular complexity index is 619. The average molecular weight is 338 g/mol. The van der Waals surface area contributed by atoms with Crippen molar-refractivity contribution in [2.24, 2.45) is 0 Å². The summed E-state index contributed by atoms with van der Waals surface area (Å²) in [6, 6.07) is 6.24. The standard InChI is InChI=1S/C16H20BrNO2/c1-9-10(2)20-11(3)15(9)16(18-4)12-6-7-14(19-5)13(17)8-12/h6-8,16,18H,1-5H3. The fourth-order valence-corrected chi connectivity index (χ4v) is 3.13. The van der Waals surface area contributed by atoms with E-state index >= 15 is 0 Å². The van der Waals surface area contributed by atoms with Crippen molar-refractivity contribution in [3.63, 3.8) is 0 Å². The summed E-state index contributed by atoms with van der Waals surface area (Å²) in [5, 5.41) is 3.37. The average Bonchev–Trinajstić information content (AvgIpc) is 2.66. The molecular formula is C16H20BrNO2. The van der Waals surface area contributed by atoms with Crippen LogP contribution < -0.4 is 10.1 Å². The Labute approximate surface area is 128 Å². The molecule has 1 unspecified atom stereocenters. The van der Waals surface area contributed by atoms with Crippen LogP contribution in [-0.2, 0) is 0 Å². The highest BCUT2D eigenvalue weighted by atomic mass is 79.9. The molecule has 0 bridgehead atoms. The summed E-state index contributed by atoms with van der Waals surface area (Å²) < 4.78 is 12.0. The van der Waals surface area contributed by atoms with Gasteiger partial charge in [0.25, 0.3) is 0 Å². The van der Waals surface area contributed by atoms with Crippen molar-refractivity contribution in [2.75, 3.05) is 14.2 Å². The molecule has 1 aromatic carbocycles. The molecular weight excluding hydrogens is 318 g/mol. The molecule has 0 fully saturated rings. The van der Waals surface area contributed by atoms with Gasteiger partial charge in [0.05, 0.1) is 17.6 Å². The predicted octanol–water partition coefficient (Wildman–Crippen LogP) is 4.28. The van der Waals surface area contributed by atoms with E-state index in [0.717, 1.165) is 21.7 Å². The first kappa shape index (κ1) is 15.1. The first-order chi connectivity index (χ1) is 9.49. The minimum atomic E-state index is 0.106. The molecule has 0 saturated heterocycles. The van der Waals surface area contributed by atoms with Crippen molar-refractivity contribution in [1.82, 2.24) is 5.32 Å². The number of methoxy groups -OCH3 is 1. The zero-order valence-corrected chi connectivity index (χ0v) is 14.1. The van der Waals surface area contributed by atoms with Gasteiger partial charge in [-0.25, -0.2) is 0 Å². The van der Waals surface area contributed by atoms with Gasteiger partial charge in [-0.05, 0) is 67.0 Å². The van der Waals surface area contributed by atoms with Crippen LogP contribution in [0.25, 0.3) is 0 Å². The van der Waals surface area contributed by atoms with Crippen molar-refractivity contribution >= 4 is 15.9 Å². The molecule has 1 N–H and O–H groups in total. The highest BCUT2D eigenvalue weighted by Gasteiger charge is 2.22. The highest BCUT2D eigenvalue weighted by Crippen LogP contribution is 2.34. The summed E-state index contributed by atoms with van der Waals surface area (Å²) in [7, 11) is 3.63. The molecule has 20 heavy (non-hydrogen) atoms. The van der Waals surface area contributed by atoms with E-state index in [2.05, 4.69) is 40.3 Å². The first-order valence-corrected chi connectivity index (χ1v) is 7.36. The third-order valence-corrected chi connectivity index (χ3v) is 4.32. The Morgan fingerprint density at radius 1 is 1.20 bits per heavy atom. The van der Waals surface area contributed by atoms with Crippen molar-refractivity contribution in [3.05, 3.63) is 50.9 Å². The third kappa shape index (κ3) is 2.63. The van der Waals surface area contributed by atoms with Gasteiger partial charge in [-0.1, -0.05) is 6.07 Å². The summed E-state index contributed by atoms with van der Waals surface area (Å²) in [4.78, 5) is 0. The maximum atomic E-state index is 5.75. The number of rotatable bonds is 4. The van der Waals surface area contributed by atoms with Gasteiger partial charge in [-0.3, -0.25) is 0 Å². The molecule has 1 aromatic heterocycles. The van der Waals surface area contributed by atoms with Crippen molar-refractivity contribution < 1.29 is 9.15 Å². The molecule has 1 heterocycles. The van der Waals surface area contributed by atoms with Gasteiger partial charge in [0.1, 0.15) is 17.3 Å². The Kier molecular flexibility index (Phi) is 4.55. The van der Waals surface area contributed by atoms with Crippen LogP contribution in [0.2, 0.25) is 0 Å². The maximum Gasteiger partial charge on any atom is 0.133 e. The highest BCUT2D eigenvalue weighted by molar-refractivity contribution is 9.10. The predicted molar refractivity (Wildman–Crippen MR) is 84.5 cm³/mol. The van der Waals surface area contributed by atoms with Gasteiger partial charge in [0.2, 0.25) is 0 Å². The number of halogens is 1. The Morgan fingerprint density at radius 2 is 1.90 bits per heavy atom. The second-order valence-electron chi connectivity index (χ2n) is 4.87. The van der Waals surface area contributed by atoms with Crippen LogP contribution in [0, 0.1) is 20.8 Å². The van der Waals surface area contributed by atoms with Gasteiger partial charge in [-0.15, -0.1) is 0 Å². The van der Waals surface area contributed by atoms with Crippen molar-refractivity contribution in [2.45, 2.75) is 26.8 Å². The molecule has 0 spiro atoms. The molecule has 1 atom stereocenters. The summed E-state index contributed by atoms with van der Waals surface area (Å²) >= 11 is 3.54. The number of hydrogen-bond donors (Lipinski definition) is 1. The van der Waals surface area contributed by atoms with Crippen molar-refractivity contribution in [3.8, 4) is 5.75 Å². The van der Waals surface area contributed by atoms with Gasteiger partial charge < -0.3 is 14.5 Å². The molecule has 2 aromatic rings. The normalized spacial score (nSPS) is 12.5. The molecule has 0 radical (unpaired) electrons.